The number of ether oxygens (including phenoxy) is 3. The number of amides is 1. The highest BCUT2D eigenvalue weighted by molar-refractivity contribution is 6.33. The van der Waals surface area contributed by atoms with E-state index in [1.807, 2.05) is 0 Å². The summed E-state index contributed by atoms with van der Waals surface area (Å²) in [6, 6.07) is 8.63. The molecular weight excluding hydrogens is 564 g/mol. The zero-order valence-corrected chi connectivity index (χ0v) is 22.2. The molecule has 13 heteroatoms. The maximum atomic E-state index is 14.5. The minimum absolute atomic E-state index is 0.00809. The monoisotopic (exact) mass is 584 g/mol. The van der Waals surface area contributed by atoms with E-state index in [0.717, 1.165) is 18.3 Å². The highest BCUT2D eigenvalue weighted by Gasteiger charge is 2.59. The Morgan fingerprint density at radius 2 is 1.87 bits per heavy atom. The van der Waals surface area contributed by atoms with Crippen molar-refractivity contribution >= 4 is 40.8 Å². The summed E-state index contributed by atoms with van der Waals surface area (Å²) in [7, 11) is 2.59. The number of carbonyl (C=O) groups excluding carboxylic acids is 2. The average molecular weight is 585 g/mol. The lowest BCUT2D eigenvalue weighted by atomic mass is 9.77. The zero-order valence-electron chi connectivity index (χ0n) is 20.7. The van der Waals surface area contributed by atoms with Gasteiger partial charge in [-0.2, -0.15) is 13.2 Å². The smallest absolute Gasteiger partial charge is 0.422 e. The summed E-state index contributed by atoms with van der Waals surface area (Å²) in [5.74, 6) is -2.40. The summed E-state index contributed by atoms with van der Waals surface area (Å²) in [5.41, 5.74) is -3.78. The number of nitrogens with zero attached hydrogens (tertiary/aromatic N) is 2. The van der Waals surface area contributed by atoms with Gasteiger partial charge in [-0.15, -0.1) is 0 Å². The van der Waals surface area contributed by atoms with Gasteiger partial charge in [-0.1, -0.05) is 42.3 Å². The van der Waals surface area contributed by atoms with Crippen molar-refractivity contribution in [2.45, 2.75) is 24.6 Å². The second-order valence-corrected chi connectivity index (χ2v) is 9.50. The first kappa shape index (κ1) is 28.5. The van der Waals surface area contributed by atoms with E-state index < -0.39 is 35.1 Å². The molecule has 2 heterocycles. The number of benzene rings is 2. The Labute approximate surface area is 230 Å². The Bertz CT molecular complexity index is 1450. The first-order chi connectivity index (χ1) is 18.3. The number of anilines is 1. The molecule has 1 aliphatic rings. The van der Waals surface area contributed by atoms with Crippen LogP contribution in [0, 0.1) is 0 Å². The second kappa shape index (κ2) is 10.6. The van der Waals surface area contributed by atoms with Crippen molar-refractivity contribution < 1.29 is 42.1 Å². The Balaban J connectivity index is 1.67. The van der Waals surface area contributed by atoms with E-state index in [9.17, 15) is 27.9 Å². The number of likely N-dealkylation sites (N-methyl/N-ethyl adjacent to an activating group) is 1. The van der Waals surface area contributed by atoms with Crippen LogP contribution in [0.1, 0.15) is 34.3 Å². The van der Waals surface area contributed by atoms with E-state index in [2.05, 4.69) is 9.72 Å². The van der Waals surface area contributed by atoms with Gasteiger partial charge in [0.15, 0.2) is 12.2 Å². The molecule has 2 unspecified atom stereocenters. The van der Waals surface area contributed by atoms with Crippen molar-refractivity contribution in [3.8, 4) is 17.4 Å². The summed E-state index contributed by atoms with van der Waals surface area (Å²) >= 11 is 12.4. The molecular formula is C26H21Cl2F3N2O6. The normalized spacial score (nSPS) is 15.6. The Kier molecular flexibility index (Phi) is 7.70. The van der Waals surface area contributed by atoms with Crippen molar-refractivity contribution in [3.63, 3.8) is 0 Å². The number of methoxy groups -OCH3 is 1. The number of fused-ring (bicyclic) bond motifs is 1. The molecule has 3 aromatic rings. The van der Waals surface area contributed by atoms with Crippen LogP contribution >= 0.6 is 23.2 Å². The first-order valence-corrected chi connectivity index (χ1v) is 12.1. The van der Waals surface area contributed by atoms with Gasteiger partial charge in [0.05, 0.1) is 23.4 Å². The van der Waals surface area contributed by atoms with Crippen molar-refractivity contribution in [2.75, 3.05) is 25.7 Å². The number of hydrogen-bond donors (Lipinski definition) is 1. The van der Waals surface area contributed by atoms with Gasteiger partial charge in [0.1, 0.15) is 11.5 Å². The van der Waals surface area contributed by atoms with Crippen molar-refractivity contribution in [3.05, 3.63) is 75.4 Å². The molecule has 0 radical (unpaired) electrons. The van der Waals surface area contributed by atoms with Crippen LogP contribution in [0.15, 0.2) is 48.7 Å². The van der Waals surface area contributed by atoms with Gasteiger partial charge in [-0.05, 0) is 35.4 Å². The SMILES string of the molecule is COC(=O)c1cnc(Oc2ccc(C(C)C(O)(c3ccc4c(c3)N(C)C(=O)CO4)C(F)(F)F)c(Cl)c2)cc1Cl. The lowest BCUT2D eigenvalue weighted by Gasteiger charge is -2.38. The maximum Gasteiger partial charge on any atom is 0.422 e. The van der Waals surface area contributed by atoms with Crippen molar-refractivity contribution in [2.24, 2.45) is 0 Å². The number of halogens is 5. The number of aromatic nitrogens is 1. The molecule has 4 rings (SSSR count). The number of pyridine rings is 1. The molecule has 0 spiro atoms. The first-order valence-electron chi connectivity index (χ1n) is 11.3. The lowest BCUT2D eigenvalue weighted by Crippen LogP contribution is -2.47. The maximum absolute atomic E-state index is 14.5. The van der Waals surface area contributed by atoms with E-state index >= 15 is 0 Å². The summed E-state index contributed by atoms with van der Waals surface area (Å²) in [6.07, 6.45) is -3.97. The number of esters is 1. The summed E-state index contributed by atoms with van der Waals surface area (Å²) in [6.45, 7) is 0.941. The third-order valence-corrected chi connectivity index (χ3v) is 7.08. The summed E-state index contributed by atoms with van der Waals surface area (Å²) in [4.78, 5) is 28.8. The molecule has 0 fully saturated rings. The van der Waals surface area contributed by atoms with E-state index in [1.165, 1.54) is 56.3 Å². The van der Waals surface area contributed by atoms with Crippen LogP contribution in [0.5, 0.6) is 17.4 Å². The van der Waals surface area contributed by atoms with E-state index in [-0.39, 0.29) is 50.8 Å². The Morgan fingerprint density at radius 3 is 2.49 bits per heavy atom. The fraction of sp³-hybridized carbons (Fsp3) is 0.269. The number of alkyl halides is 3. The molecule has 0 bridgehead atoms. The second-order valence-electron chi connectivity index (χ2n) is 8.69. The van der Waals surface area contributed by atoms with Crippen molar-refractivity contribution in [1.82, 2.24) is 4.98 Å². The van der Waals surface area contributed by atoms with E-state index in [1.54, 1.807) is 0 Å². The van der Waals surface area contributed by atoms with Crippen LogP contribution in [0.25, 0.3) is 0 Å². The Morgan fingerprint density at radius 1 is 1.15 bits per heavy atom. The molecule has 1 N–H and O–H groups in total. The summed E-state index contributed by atoms with van der Waals surface area (Å²) < 4.78 is 59.0. The van der Waals surface area contributed by atoms with Gasteiger partial charge in [0.2, 0.25) is 5.88 Å². The summed E-state index contributed by atoms with van der Waals surface area (Å²) in [5, 5.41) is 11.1. The van der Waals surface area contributed by atoms with E-state index in [0.29, 0.717) is 0 Å². The molecule has 0 aliphatic carbocycles. The predicted octanol–water partition coefficient (Wildman–Crippen LogP) is 5.88. The number of hydrogen-bond acceptors (Lipinski definition) is 7. The fourth-order valence-electron chi connectivity index (χ4n) is 4.17. The minimum atomic E-state index is -5.13. The van der Waals surface area contributed by atoms with Gasteiger partial charge in [0.25, 0.3) is 5.91 Å². The highest BCUT2D eigenvalue weighted by atomic mass is 35.5. The average Bonchev–Trinajstić information content (AvgIpc) is 2.89. The largest absolute Gasteiger partial charge is 0.482 e. The fourth-order valence-corrected chi connectivity index (χ4v) is 4.72. The van der Waals surface area contributed by atoms with Gasteiger partial charge < -0.3 is 24.2 Å². The Hall–Kier alpha value is -3.54. The highest BCUT2D eigenvalue weighted by Crippen LogP contribution is 2.51. The van der Waals surface area contributed by atoms with Crippen LogP contribution in [-0.4, -0.2) is 48.9 Å². The molecule has 1 amide bonds. The molecule has 206 valence electrons. The van der Waals surface area contributed by atoms with Crippen molar-refractivity contribution in [1.29, 1.82) is 0 Å². The molecule has 0 saturated carbocycles. The molecule has 2 aromatic carbocycles. The van der Waals surface area contributed by atoms with Gasteiger partial charge in [-0.3, -0.25) is 4.79 Å². The number of aliphatic hydroxyl groups is 1. The lowest BCUT2D eigenvalue weighted by molar-refractivity contribution is -0.274. The third kappa shape index (κ3) is 5.21. The quantitative estimate of drug-likeness (QED) is 0.361. The minimum Gasteiger partial charge on any atom is -0.482 e. The third-order valence-electron chi connectivity index (χ3n) is 6.44. The van der Waals surface area contributed by atoms with Gasteiger partial charge in [0, 0.05) is 30.3 Å². The molecule has 1 aromatic heterocycles. The molecule has 2 atom stereocenters. The molecule has 39 heavy (non-hydrogen) atoms. The predicted molar refractivity (Wildman–Crippen MR) is 136 cm³/mol. The van der Waals surface area contributed by atoms with Crippen LogP contribution < -0.4 is 14.4 Å². The molecule has 1 aliphatic heterocycles. The number of rotatable bonds is 6. The van der Waals surface area contributed by atoms with Crippen LogP contribution in [0.4, 0.5) is 18.9 Å². The van der Waals surface area contributed by atoms with E-state index in [4.69, 9.17) is 32.7 Å². The van der Waals surface area contributed by atoms with Crippen LogP contribution in [0.3, 0.4) is 0 Å². The zero-order chi connectivity index (χ0) is 28.7. The van der Waals surface area contributed by atoms with Gasteiger partial charge >= 0.3 is 12.1 Å². The standard InChI is InChI=1S/C26H21Cl2F3N2O6/c1-13(25(36,26(29,30)31)14-4-7-21-20(8-14)33(2)23(34)12-38-21)16-6-5-15(9-18(16)27)39-22-10-19(28)17(11-32-22)24(35)37-3/h4-11,13,36H,12H2,1-3H3. The van der Waals surface area contributed by atoms with Gasteiger partial charge in [-0.25, -0.2) is 9.78 Å². The topological polar surface area (TPSA) is 98.2 Å². The number of carbonyl (C=O) groups is 2. The molecule has 0 saturated heterocycles. The molecule has 8 nitrogen and oxygen atoms in total. The van der Waals surface area contributed by atoms with Crippen LogP contribution in [-0.2, 0) is 15.1 Å². The van der Waals surface area contributed by atoms with Crippen LogP contribution in [0.2, 0.25) is 10.0 Å².